The number of benzene rings is 1. The van der Waals surface area contributed by atoms with Gasteiger partial charge in [0.15, 0.2) is 0 Å². The van der Waals surface area contributed by atoms with Gasteiger partial charge in [0.05, 0.1) is 0 Å². The first-order valence-electron chi connectivity index (χ1n) is 5.23. The second-order valence-corrected chi connectivity index (χ2v) is 3.89. The van der Waals surface area contributed by atoms with Crippen LogP contribution in [0.25, 0.3) is 0 Å². The van der Waals surface area contributed by atoms with Crippen LogP contribution in [0, 0.1) is 0 Å². The van der Waals surface area contributed by atoms with E-state index in [1.807, 2.05) is 6.92 Å². The third kappa shape index (κ3) is 3.66. The smallest absolute Gasteiger partial charge is 0.292 e. The van der Waals surface area contributed by atoms with E-state index in [4.69, 9.17) is 11.6 Å². The molecule has 0 saturated heterocycles. The van der Waals surface area contributed by atoms with Gasteiger partial charge < -0.3 is 5.32 Å². The topological polar surface area (TPSA) is 46.2 Å². The van der Waals surface area contributed by atoms with Gasteiger partial charge in [-0.05, 0) is 18.6 Å². The second kappa shape index (κ2) is 6.28. The Morgan fingerprint density at radius 1 is 1.38 bits per heavy atom. The molecule has 16 heavy (non-hydrogen) atoms. The average molecular weight is 240 g/mol. The van der Waals surface area contributed by atoms with Gasteiger partial charge in [0.1, 0.15) is 0 Å². The van der Waals surface area contributed by atoms with Crippen molar-refractivity contribution in [3.8, 4) is 0 Å². The van der Waals surface area contributed by atoms with Crippen LogP contribution in [0.5, 0.6) is 0 Å². The molecule has 0 atom stereocenters. The number of nitrogens with one attached hydrogen (secondary N) is 1. The third-order valence-corrected chi connectivity index (χ3v) is 2.34. The Hall–Kier alpha value is -1.35. The van der Waals surface area contributed by atoms with E-state index in [1.165, 1.54) is 6.07 Å². The van der Waals surface area contributed by atoms with E-state index in [1.54, 1.807) is 18.2 Å². The number of unbranched alkanes of at least 4 members (excludes halogenated alkanes) is 1. The maximum absolute atomic E-state index is 11.6. The molecule has 3 nitrogen and oxygen atoms in total. The van der Waals surface area contributed by atoms with Crippen molar-refractivity contribution >= 4 is 23.3 Å². The molecule has 0 radical (unpaired) electrons. The summed E-state index contributed by atoms with van der Waals surface area (Å²) in [5.41, 5.74) is 0.321. The lowest BCUT2D eigenvalue weighted by molar-refractivity contribution is -0.117. The Kier molecular flexibility index (Phi) is 4.99. The van der Waals surface area contributed by atoms with Crippen LogP contribution < -0.4 is 5.32 Å². The zero-order chi connectivity index (χ0) is 12.0. The van der Waals surface area contributed by atoms with Crippen molar-refractivity contribution in [2.75, 3.05) is 6.54 Å². The highest BCUT2D eigenvalue weighted by Crippen LogP contribution is 2.11. The fourth-order valence-corrected chi connectivity index (χ4v) is 1.41. The fourth-order valence-electron chi connectivity index (χ4n) is 1.22. The molecule has 0 saturated carbocycles. The van der Waals surface area contributed by atoms with E-state index in [9.17, 15) is 9.59 Å². The Labute approximate surface area is 99.8 Å². The molecule has 0 heterocycles. The molecule has 1 aromatic rings. The highest BCUT2D eigenvalue weighted by molar-refractivity contribution is 6.43. The van der Waals surface area contributed by atoms with Gasteiger partial charge >= 0.3 is 0 Å². The highest BCUT2D eigenvalue weighted by atomic mass is 35.5. The van der Waals surface area contributed by atoms with E-state index < -0.39 is 11.7 Å². The maximum Gasteiger partial charge on any atom is 0.292 e. The summed E-state index contributed by atoms with van der Waals surface area (Å²) >= 11 is 5.74. The standard InChI is InChI=1S/C12H14ClNO2/c1-2-3-7-14-12(16)11(15)9-5-4-6-10(13)8-9/h4-6,8H,2-3,7H2,1H3,(H,14,16). The summed E-state index contributed by atoms with van der Waals surface area (Å²) in [6.45, 7) is 2.55. The minimum atomic E-state index is -0.573. The number of hydrogen-bond acceptors (Lipinski definition) is 2. The number of Topliss-reactive ketones (excluding diaryl/α,β-unsaturated/α-hetero) is 1. The van der Waals surface area contributed by atoms with Crippen LogP contribution in [0.2, 0.25) is 5.02 Å². The molecule has 0 aromatic heterocycles. The number of carbonyl (C=O) groups is 2. The summed E-state index contributed by atoms with van der Waals surface area (Å²) in [5, 5.41) is 3.02. The van der Waals surface area contributed by atoms with Gasteiger partial charge in [0, 0.05) is 17.1 Å². The summed E-state index contributed by atoms with van der Waals surface area (Å²) in [7, 11) is 0. The lowest BCUT2D eigenvalue weighted by atomic mass is 10.1. The quantitative estimate of drug-likeness (QED) is 0.487. The van der Waals surface area contributed by atoms with Crippen LogP contribution >= 0.6 is 11.6 Å². The van der Waals surface area contributed by atoms with Gasteiger partial charge in [-0.3, -0.25) is 9.59 Å². The first-order valence-corrected chi connectivity index (χ1v) is 5.61. The van der Waals surface area contributed by atoms with Crippen LogP contribution in [-0.2, 0) is 4.79 Å². The number of rotatable bonds is 5. The van der Waals surface area contributed by atoms with E-state index in [0.29, 0.717) is 17.1 Å². The molecule has 0 aliphatic carbocycles. The summed E-state index contributed by atoms with van der Waals surface area (Å²) < 4.78 is 0. The molecule has 4 heteroatoms. The molecule has 0 fully saturated rings. The number of hydrogen-bond donors (Lipinski definition) is 1. The van der Waals surface area contributed by atoms with Gasteiger partial charge in [0.2, 0.25) is 5.78 Å². The molecule has 1 amide bonds. The van der Waals surface area contributed by atoms with Crippen molar-refractivity contribution in [2.24, 2.45) is 0 Å². The van der Waals surface area contributed by atoms with Crippen molar-refractivity contribution in [2.45, 2.75) is 19.8 Å². The fraction of sp³-hybridized carbons (Fsp3) is 0.333. The third-order valence-electron chi connectivity index (χ3n) is 2.11. The van der Waals surface area contributed by atoms with Crippen LogP contribution in [0.4, 0.5) is 0 Å². The van der Waals surface area contributed by atoms with Gasteiger partial charge in [-0.25, -0.2) is 0 Å². The number of halogens is 1. The largest absolute Gasteiger partial charge is 0.349 e. The predicted molar refractivity (Wildman–Crippen MR) is 63.7 cm³/mol. The molecular weight excluding hydrogens is 226 g/mol. The lowest BCUT2D eigenvalue weighted by Gasteiger charge is -2.03. The predicted octanol–water partition coefficient (Wildman–Crippen LogP) is 2.44. The van der Waals surface area contributed by atoms with Crippen molar-refractivity contribution in [1.29, 1.82) is 0 Å². The minimum absolute atomic E-state index is 0.321. The molecule has 1 rings (SSSR count). The molecule has 1 N–H and O–H groups in total. The van der Waals surface area contributed by atoms with E-state index in [-0.39, 0.29) is 0 Å². The van der Waals surface area contributed by atoms with Gasteiger partial charge in [0.25, 0.3) is 5.91 Å². The SMILES string of the molecule is CCCCNC(=O)C(=O)c1cccc(Cl)c1. The van der Waals surface area contributed by atoms with Crippen LogP contribution in [0.3, 0.4) is 0 Å². The Bertz CT molecular complexity index is 390. The molecule has 0 aliphatic heterocycles. The lowest BCUT2D eigenvalue weighted by Crippen LogP contribution is -2.31. The van der Waals surface area contributed by atoms with Crippen LogP contribution in [0.15, 0.2) is 24.3 Å². The Morgan fingerprint density at radius 3 is 2.75 bits per heavy atom. The van der Waals surface area contributed by atoms with Crippen molar-refractivity contribution in [1.82, 2.24) is 5.32 Å². The van der Waals surface area contributed by atoms with E-state index in [2.05, 4.69) is 5.32 Å². The summed E-state index contributed by atoms with van der Waals surface area (Å²) in [4.78, 5) is 23.0. The van der Waals surface area contributed by atoms with Gasteiger partial charge in [-0.1, -0.05) is 37.1 Å². The molecule has 0 unspecified atom stereocenters. The number of ketones is 1. The second-order valence-electron chi connectivity index (χ2n) is 3.45. The molecular formula is C12H14ClNO2. The zero-order valence-electron chi connectivity index (χ0n) is 9.13. The molecule has 0 aliphatic rings. The summed E-state index contributed by atoms with van der Waals surface area (Å²) in [6.07, 6.45) is 1.85. The monoisotopic (exact) mass is 239 g/mol. The number of carbonyl (C=O) groups excluding carboxylic acids is 2. The summed E-state index contributed by atoms with van der Waals surface area (Å²) in [6, 6.07) is 6.37. The van der Waals surface area contributed by atoms with Crippen molar-refractivity contribution in [3.63, 3.8) is 0 Å². The van der Waals surface area contributed by atoms with E-state index in [0.717, 1.165) is 12.8 Å². The Morgan fingerprint density at radius 2 is 2.12 bits per heavy atom. The molecule has 86 valence electrons. The molecule has 0 bridgehead atoms. The summed E-state index contributed by atoms with van der Waals surface area (Å²) in [5.74, 6) is -1.12. The van der Waals surface area contributed by atoms with Gasteiger partial charge in [-0.2, -0.15) is 0 Å². The van der Waals surface area contributed by atoms with Crippen LogP contribution in [-0.4, -0.2) is 18.2 Å². The zero-order valence-corrected chi connectivity index (χ0v) is 9.88. The number of amides is 1. The average Bonchev–Trinajstić information content (AvgIpc) is 2.28. The van der Waals surface area contributed by atoms with Crippen molar-refractivity contribution in [3.05, 3.63) is 34.9 Å². The first-order chi connectivity index (χ1) is 7.65. The van der Waals surface area contributed by atoms with Crippen LogP contribution in [0.1, 0.15) is 30.1 Å². The minimum Gasteiger partial charge on any atom is -0.349 e. The normalized spacial score (nSPS) is 9.88. The molecule has 0 spiro atoms. The molecule has 1 aromatic carbocycles. The van der Waals surface area contributed by atoms with Gasteiger partial charge in [-0.15, -0.1) is 0 Å². The maximum atomic E-state index is 11.6. The first kappa shape index (κ1) is 12.7. The van der Waals surface area contributed by atoms with Crippen molar-refractivity contribution < 1.29 is 9.59 Å². The highest BCUT2D eigenvalue weighted by Gasteiger charge is 2.15. The Balaban J connectivity index is 2.60. The van der Waals surface area contributed by atoms with E-state index >= 15 is 0 Å².